The van der Waals surface area contributed by atoms with Crippen molar-refractivity contribution in [3.8, 4) is 0 Å². The highest BCUT2D eigenvalue weighted by molar-refractivity contribution is 5.93. The van der Waals surface area contributed by atoms with Crippen molar-refractivity contribution in [1.82, 2.24) is 4.98 Å². The number of ether oxygens (including phenoxy) is 1. The maximum Gasteiger partial charge on any atom is 0.339 e. The minimum atomic E-state index is -2.66. The van der Waals surface area contributed by atoms with E-state index in [2.05, 4.69) is 4.98 Å². The zero-order chi connectivity index (χ0) is 14.9. The maximum atomic E-state index is 13.1. The fourth-order valence-corrected chi connectivity index (χ4v) is 2.39. The fraction of sp³-hybridized carbons (Fsp3) is 0.538. The Kier molecular flexibility index (Phi) is 3.89. The van der Waals surface area contributed by atoms with Gasteiger partial charge in [-0.1, -0.05) is 0 Å². The van der Waals surface area contributed by atoms with Gasteiger partial charge in [0.15, 0.2) is 0 Å². The zero-order valence-electron chi connectivity index (χ0n) is 11.2. The summed E-state index contributed by atoms with van der Waals surface area (Å²) in [6.45, 7) is 3.21. The molecule has 20 heavy (non-hydrogen) atoms. The second-order valence-corrected chi connectivity index (χ2v) is 5.10. The number of nitrogens with zero attached hydrogens (tertiary/aromatic N) is 2. The SMILES string of the molecule is CC1CN(c2ncccc2C(=O)O)CC(C)(C(F)F)O1. The fourth-order valence-electron chi connectivity index (χ4n) is 2.39. The quantitative estimate of drug-likeness (QED) is 0.921. The van der Waals surface area contributed by atoms with Crippen LogP contribution in [-0.2, 0) is 4.74 Å². The molecule has 1 fully saturated rings. The average molecular weight is 286 g/mol. The van der Waals surface area contributed by atoms with E-state index in [1.807, 2.05) is 0 Å². The van der Waals surface area contributed by atoms with Gasteiger partial charge in [0.1, 0.15) is 17.0 Å². The summed E-state index contributed by atoms with van der Waals surface area (Å²) in [4.78, 5) is 16.8. The van der Waals surface area contributed by atoms with Gasteiger partial charge in [0.2, 0.25) is 0 Å². The van der Waals surface area contributed by atoms with Crippen molar-refractivity contribution in [3.05, 3.63) is 23.9 Å². The van der Waals surface area contributed by atoms with Gasteiger partial charge in [0, 0.05) is 12.7 Å². The number of aromatic nitrogens is 1. The largest absolute Gasteiger partial charge is 0.478 e. The number of carbonyl (C=O) groups is 1. The van der Waals surface area contributed by atoms with E-state index in [1.54, 1.807) is 11.8 Å². The zero-order valence-corrected chi connectivity index (χ0v) is 11.2. The Labute approximate surface area is 115 Å². The minimum absolute atomic E-state index is 0.00165. The molecule has 1 aromatic heterocycles. The Morgan fingerprint density at radius 2 is 2.35 bits per heavy atom. The third-order valence-electron chi connectivity index (χ3n) is 3.23. The lowest BCUT2D eigenvalue weighted by molar-refractivity contribution is -0.162. The van der Waals surface area contributed by atoms with Crippen molar-refractivity contribution in [3.63, 3.8) is 0 Å². The molecule has 5 nitrogen and oxygen atoms in total. The number of hydrogen-bond donors (Lipinski definition) is 1. The van der Waals surface area contributed by atoms with Gasteiger partial charge in [-0.05, 0) is 26.0 Å². The second-order valence-electron chi connectivity index (χ2n) is 5.10. The molecule has 1 saturated heterocycles. The Bertz CT molecular complexity index is 512. The number of alkyl halides is 2. The van der Waals surface area contributed by atoms with Crippen molar-refractivity contribution >= 4 is 11.8 Å². The van der Waals surface area contributed by atoms with E-state index in [9.17, 15) is 13.6 Å². The number of aromatic carboxylic acids is 1. The summed E-state index contributed by atoms with van der Waals surface area (Å²) in [6, 6.07) is 2.91. The lowest BCUT2D eigenvalue weighted by Crippen LogP contribution is -2.57. The van der Waals surface area contributed by atoms with Crippen LogP contribution in [0.5, 0.6) is 0 Å². The van der Waals surface area contributed by atoms with Crippen molar-refractivity contribution in [2.45, 2.75) is 32.0 Å². The number of carboxylic acid groups (broad SMARTS) is 1. The lowest BCUT2D eigenvalue weighted by atomic mass is 10.0. The molecule has 0 aliphatic carbocycles. The first-order valence-corrected chi connectivity index (χ1v) is 6.23. The predicted molar refractivity (Wildman–Crippen MR) is 68.4 cm³/mol. The number of hydrogen-bond acceptors (Lipinski definition) is 4. The van der Waals surface area contributed by atoms with E-state index in [4.69, 9.17) is 9.84 Å². The van der Waals surface area contributed by atoms with Crippen LogP contribution in [0, 0.1) is 0 Å². The first-order valence-electron chi connectivity index (χ1n) is 6.23. The Morgan fingerprint density at radius 3 is 2.95 bits per heavy atom. The molecule has 0 saturated carbocycles. The van der Waals surface area contributed by atoms with Gasteiger partial charge in [0.05, 0.1) is 12.6 Å². The first-order chi connectivity index (χ1) is 9.33. The molecule has 1 aliphatic rings. The summed E-state index contributed by atoms with van der Waals surface area (Å²) < 4.78 is 31.6. The van der Waals surface area contributed by atoms with Crippen LogP contribution in [0.25, 0.3) is 0 Å². The summed E-state index contributed by atoms with van der Waals surface area (Å²) in [6.07, 6.45) is -1.65. The van der Waals surface area contributed by atoms with Crippen molar-refractivity contribution < 1.29 is 23.4 Å². The summed E-state index contributed by atoms with van der Waals surface area (Å²) >= 11 is 0. The molecule has 1 aliphatic heterocycles. The average Bonchev–Trinajstić information content (AvgIpc) is 2.37. The normalized spacial score (nSPS) is 26.9. The highest BCUT2D eigenvalue weighted by Gasteiger charge is 2.44. The Morgan fingerprint density at radius 1 is 1.65 bits per heavy atom. The summed E-state index contributed by atoms with van der Waals surface area (Å²) in [5, 5.41) is 9.16. The van der Waals surface area contributed by atoms with E-state index in [1.165, 1.54) is 25.3 Å². The van der Waals surface area contributed by atoms with Crippen LogP contribution >= 0.6 is 0 Å². The predicted octanol–water partition coefficient (Wildman–Crippen LogP) is 2.03. The number of halogens is 2. The third-order valence-corrected chi connectivity index (χ3v) is 3.23. The Balaban J connectivity index is 2.35. The molecule has 1 N–H and O–H groups in total. The third kappa shape index (κ3) is 2.72. The van der Waals surface area contributed by atoms with Gasteiger partial charge in [0.25, 0.3) is 6.43 Å². The Hall–Kier alpha value is -1.76. The smallest absolute Gasteiger partial charge is 0.339 e. The van der Waals surface area contributed by atoms with Gasteiger partial charge in [-0.2, -0.15) is 0 Å². The lowest BCUT2D eigenvalue weighted by Gasteiger charge is -2.43. The maximum absolute atomic E-state index is 13.1. The van der Waals surface area contributed by atoms with E-state index in [-0.39, 0.29) is 17.9 Å². The van der Waals surface area contributed by atoms with Gasteiger partial charge in [-0.25, -0.2) is 18.6 Å². The molecule has 2 rings (SSSR count). The molecular weight excluding hydrogens is 270 g/mol. The number of anilines is 1. The number of morpholine rings is 1. The molecule has 0 amide bonds. The van der Waals surface area contributed by atoms with Gasteiger partial charge in [-0.15, -0.1) is 0 Å². The molecule has 1 aromatic rings. The van der Waals surface area contributed by atoms with E-state index in [0.717, 1.165) is 0 Å². The summed E-state index contributed by atoms with van der Waals surface area (Å²) in [5.41, 5.74) is -1.64. The molecular formula is C13H16F2N2O3. The van der Waals surface area contributed by atoms with Crippen LogP contribution in [0.3, 0.4) is 0 Å². The summed E-state index contributed by atoms with van der Waals surface area (Å²) in [5.74, 6) is -0.937. The topological polar surface area (TPSA) is 62.7 Å². The first kappa shape index (κ1) is 14.6. The van der Waals surface area contributed by atoms with Crippen LogP contribution in [0.1, 0.15) is 24.2 Å². The van der Waals surface area contributed by atoms with Gasteiger partial charge in [-0.3, -0.25) is 0 Å². The molecule has 0 aromatic carbocycles. The summed E-state index contributed by atoms with van der Waals surface area (Å²) in [7, 11) is 0. The van der Waals surface area contributed by atoms with Crippen molar-refractivity contribution in [2.75, 3.05) is 18.0 Å². The number of rotatable bonds is 3. The van der Waals surface area contributed by atoms with E-state index < -0.39 is 24.1 Å². The molecule has 2 unspecified atom stereocenters. The molecule has 2 atom stereocenters. The molecule has 2 heterocycles. The van der Waals surface area contributed by atoms with Crippen LogP contribution in [0.15, 0.2) is 18.3 Å². The monoisotopic (exact) mass is 286 g/mol. The number of pyridine rings is 1. The highest BCUT2D eigenvalue weighted by atomic mass is 19.3. The van der Waals surface area contributed by atoms with E-state index >= 15 is 0 Å². The molecule has 110 valence electrons. The minimum Gasteiger partial charge on any atom is -0.478 e. The van der Waals surface area contributed by atoms with Crippen LogP contribution in [-0.4, -0.2) is 47.3 Å². The molecule has 0 spiro atoms. The van der Waals surface area contributed by atoms with Crippen LogP contribution in [0.2, 0.25) is 0 Å². The van der Waals surface area contributed by atoms with Crippen molar-refractivity contribution in [2.24, 2.45) is 0 Å². The van der Waals surface area contributed by atoms with E-state index in [0.29, 0.717) is 6.54 Å². The number of carboxylic acids is 1. The van der Waals surface area contributed by atoms with Crippen LogP contribution in [0.4, 0.5) is 14.6 Å². The van der Waals surface area contributed by atoms with Crippen LogP contribution < -0.4 is 4.90 Å². The highest BCUT2D eigenvalue weighted by Crippen LogP contribution is 2.31. The molecule has 7 heteroatoms. The standard InChI is InChI=1S/C13H16F2N2O3/c1-8-6-17(7-13(2,20-8)12(14)15)10-9(11(18)19)4-3-5-16-10/h3-5,8,12H,6-7H2,1-2H3,(H,18,19). The molecule has 0 radical (unpaired) electrons. The van der Waals surface area contributed by atoms with Gasteiger partial charge < -0.3 is 14.7 Å². The van der Waals surface area contributed by atoms with Crippen molar-refractivity contribution in [1.29, 1.82) is 0 Å². The molecule has 0 bridgehead atoms. The second kappa shape index (κ2) is 5.32. The van der Waals surface area contributed by atoms with Gasteiger partial charge >= 0.3 is 5.97 Å².